The molecule has 0 bridgehead atoms. The smallest absolute Gasteiger partial charge is 0.254 e. The second-order valence-corrected chi connectivity index (χ2v) is 9.72. The van der Waals surface area contributed by atoms with E-state index >= 15 is 0 Å². The topological polar surface area (TPSA) is 52.7 Å². The molecule has 5 nitrogen and oxygen atoms in total. The molecule has 174 valence electrons. The van der Waals surface area contributed by atoms with Gasteiger partial charge < -0.3 is 15.1 Å². The molecule has 0 unspecified atom stereocenters. The lowest BCUT2D eigenvalue weighted by molar-refractivity contribution is -0.117. The first-order chi connectivity index (χ1) is 14.9. The summed E-state index contributed by atoms with van der Waals surface area (Å²) in [5.74, 6) is -0.557. The van der Waals surface area contributed by atoms with Gasteiger partial charge in [0.1, 0.15) is 5.82 Å². The van der Waals surface area contributed by atoms with Crippen molar-refractivity contribution < 1.29 is 14.0 Å². The van der Waals surface area contributed by atoms with Crippen LogP contribution in [0.15, 0.2) is 42.5 Å². The van der Waals surface area contributed by atoms with Gasteiger partial charge in [0.25, 0.3) is 5.91 Å². The predicted molar refractivity (Wildman–Crippen MR) is 129 cm³/mol. The fourth-order valence-corrected chi connectivity index (χ4v) is 3.50. The maximum Gasteiger partial charge on any atom is 0.254 e. The highest BCUT2D eigenvalue weighted by molar-refractivity contribution is 5.94. The standard InChI is InChI=1S/C26H36FN3O2/c1-8-18(2)30(25(32)19-9-11-21(27)12-10-19)17-20-15-22(13-14-23(20)29(6)7)28-24(31)16-26(3,4)5/h9-15,18H,8,16-17H2,1-7H3,(H,28,31)/t18-/m1/s1. The van der Waals surface area contributed by atoms with E-state index < -0.39 is 0 Å². The van der Waals surface area contributed by atoms with Gasteiger partial charge in [-0.3, -0.25) is 9.59 Å². The molecule has 1 N–H and O–H groups in total. The Kier molecular flexibility index (Phi) is 8.42. The SMILES string of the molecule is CC[C@@H](C)N(Cc1cc(NC(=O)CC(C)(C)C)ccc1N(C)C)C(=O)c1ccc(F)cc1. The van der Waals surface area contributed by atoms with Crippen molar-refractivity contribution in [3.05, 3.63) is 59.4 Å². The van der Waals surface area contributed by atoms with E-state index in [0.717, 1.165) is 17.7 Å². The summed E-state index contributed by atoms with van der Waals surface area (Å²) in [4.78, 5) is 29.5. The number of benzene rings is 2. The normalized spacial score (nSPS) is 12.2. The molecule has 0 spiro atoms. The summed E-state index contributed by atoms with van der Waals surface area (Å²) in [5, 5.41) is 2.99. The van der Waals surface area contributed by atoms with Crippen LogP contribution in [0.25, 0.3) is 0 Å². The summed E-state index contributed by atoms with van der Waals surface area (Å²) in [5.41, 5.74) is 2.95. The Bertz CT molecular complexity index is 933. The van der Waals surface area contributed by atoms with Crippen molar-refractivity contribution in [2.75, 3.05) is 24.3 Å². The van der Waals surface area contributed by atoms with Crippen LogP contribution in [-0.2, 0) is 11.3 Å². The number of halogens is 1. The maximum absolute atomic E-state index is 13.4. The second-order valence-electron chi connectivity index (χ2n) is 9.72. The Labute approximate surface area is 191 Å². The third-order valence-electron chi connectivity index (χ3n) is 5.35. The van der Waals surface area contributed by atoms with Crippen LogP contribution in [0.4, 0.5) is 15.8 Å². The second kappa shape index (κ2) is 10.6. The van der Waals surface area contributed by atoms with Gasteiger partial charge in [-0.1, -0.05) is 27.7 Å². The summed E-state index contributed by atoms with van der Waals surface area (Å²) in [6, 6.07) is 11.4. The first-order valence-electron chi connectivity index (χ1n) is 11.1. The number of carbonyl (C=O) groups is 2. The Morgan fingerprint density at radius 2 is 1.69 bits per heavy atom. The number of carbonyl (C=O) groups excluding carboxylic acids is 2. The molecule has 0 heterocycles. The summed E-state index contributed by atoms with van der Waals surface area (Å²) in [6.45, 7) is 10.5. The molecule has 0 aliphatic heterocycles. The van der Waals surface area contributed by atoms with Crippen molar-refractivity contribution in [1.29, 1.82) is 0 Å². The highest BCUT2D eigenvalue weighted by atomic mass is 19.1. The van der Waals surface area contributed by atoms with Crippen LogP contribution in [0.3, 0.4) is 0 Å². The lowest BCUT2D eigenvalue weighted by Gasteiger charge is -2.31. The number of hydrogen-bond donors (Lipinski definition) is 1. The first kappa shape index (κ1) is 25.4. The highest BCUT2D eigenvalue weighted by Crippen LogP contribution is 2.27. The van der Waals surface area contributed by atoms with Crippen molar-refractivity contribution in [3.8, 4) is 0 Å². The van der Waals surface area contributed by atoms with Crippen LogP contribution >= 0.6 is 0 Å². The van der Waals surface area contributed by atoms with Gasteiger partial charge in [0, 0.05) is 50.0 Å². The van der Waals surface area contributed by atoms with Crippen molar-refractivity contribution >= 4 is 23.2 Å². The summed E-state index contributed by atoms with van der Waals surface area (Å²) in [6.07, 6.45) is 1.20. The van der Waals surface area contributed by atoms with Crippen LogP contribution in [0, 0.1) is 11.2 Å². The maximum atomic E-state index is 13.4. The average Bonchev–Trinajstić information content (AvgIpc) is 2.70. The minimum atomic E-state index is -0.370. The molecule has 2 rings (SSSR count). The molecule has 0 aromatic heterocycles. The minimum absolute atomic E-state index is 0.0123. The molecule has 2 aromatic carbocycles. The molecule has 0 fully saturated rings. The van der Waals surface area contributed by atoms with Crippen LogP contribution in [-0.4, -0.2) is 36.9 Å². The van der Waals surface area contributed by atoms with E-state index in [-0.39, 0.29) is 29.1 Å². The van der Waals surface area contributed by atoms with Gasteiger partial charge in [-0.2, -0.15) is 0 Å². The average molecular weight is 442 g/mol. The Balaban J connectivity index is 2.37. The van der Waals surface area contributed by atoms with Crippen LogP contribution < -0.4 is 10.2 Å². The summed E-state index contributed by atoms with van der Waals surface area (Å²) >= 11 is 0. The largest absolute Gasteiger partial charge is 0.377 e. The van der Waals surface area contributed by atoms with Crippen molar-refractivity contribution in [2.45, 2.75) is 60.0 Å². The van der Waals surface area contributed by atoms with Crippen LogP contribution in [0.2, 0.25) is 0 Å². The Morgan fingerprint density at radius 3 is 2.22 bits per heavy atom. The molecule has 0 aliphatic carbocycles. The molecule has 2 amide bonds. The highest BCUT2D eigenvalue weighted by Gasteiger charge is 2.23. The molecule has 6 heteroatoms. The lowest BCUT2D eigenvalue weighted by atomic mass is 9.92. The van der Waals surface area contributed by atoms with E-state index in [9.17, 15) is 14.0 Å². The molecular formula is C26H36FN3O2. The molecule has 1 atom stereocenters. The van der Waals surface area contributed by atoms with E-state index in [1.54, 1.807) is 4.90 Å². The molecule has 0 radical (unpaired) electrons. The van der Waals surface area contributed by atoms with Gasteiger partial charge in [-0.15, -0.1) is 0 Å². The number of anilines is 2. The van der Waals surface area contributed by atoms with E-state index in [1.165, 1.54) is 24.3 Å². The van der Waals surface area contributed by atoms with Gasteiger partial charge in [-0.25, -0.2) is 4.39 Å². The summed E-state index contributed by atoms with van der Waals surface area (Å²) in [7, 11) is 3.90. The zero-order chi connectivity index (χ0) is 24.1. The fourth-order valence-electron chi connectivity index (χ4n) is 3.50. The molecule has 0 saturated carbocycles. The van der Waals surface area contributed by atoms with Gasteiger partial charge in [0.05, 0.1) is 0 Å². The van der Waals surface area contributed by atoms with Crippen molar-refractivity contribution in [2.24, 2.45) is 5.41 Å². The monoisotopic (exact) mass is 441 g/mol. The third kappa shape index (κ3) is 7.08. The summed E-state index contributed by atoms with van der Waals surface area (Å²) < 4.78 is 13.4. The van der Waals surface area contributed by atoms with E-state index in [4.69, 9.17) is 0 Å². The molecule has 0 saturated heterocycles. The number of hydrogen-bond acceptors (Lipinski definition) is 3. The zero-order valence-corrected chi connectivity index (χ0v) is 20.3. The first-order valence-corrected chi connectivity index (χ1v) is 11.1. The van der Waals surface area contributed by atoms with Gasteiger partial charge >= 0.3 is 0 Å². The van der Waals surface area contributed by atoms with Gasteiger partial charge in [-0.05, 0) is 66.8 Å². The number of rotatable bonds is 8. The minimum Gasteiger partial charge on any atom is -0.377 e. The molecule has 32 heavy (non-hydrogen) atoms. The Morgan fingerprint density at radius 1 is 1.06 bits per heavy atom. The number of nitrogens with zero attached hydrogens (tertiary/aromatic N) is 2. The fraction of sp³-hybridized carbons (Fsp3) is 0.462. The van der Waals surface area contributed by atoms with Gasteiger partial charge in [0.2, 0.25) is 5.91 Å². The van der Waals surface area contributed by atoms with Crippen molar-refractivity contribution in [1.82, 2.24) is 4.90 Å². The molecule has 2 aromatic rings. The molecular weight excluding hydrogens is 405 g/mol. The third-order valence-corrected chi connectivity index (χ3v) is 5.35. The predicted octanol–water partition coefficient (Wildman–Crippen LogP) is 5.71. The van der Waals surface area contributed by atoms with E-state index in [1.807, 2.05) is 71.8 Å². The number of amides is 2. The van der Waals surface area contributed by atoms with Crippen LogP contribution in [0.5, 0.6) is 0 Å². The number of nitrogens with one attached hydrogen (secondary N) is 1. The quantitative estimate of drug-likeness (QED) is 0.571. The Hall–Kier alpha value is -2.89. The van der Waals surface area contributed by atoms with E-state index in [0.29, 0.717) is 24.2 Å². The molecule has 0 aliphatic rings. The van der Waals surface area contributed by atoms with Crippen LogP contribution in [0.1, 0.15) is 63.4 Å². The lowest BCUT2D eigenvalue weighted by Crippen LogP contribution is -2.38. The van der Waals surface area contributed by atoms with Gasteiger partial charge in [0.15, 0.2) is 0 Å². The van der Waals surface area contributed by atoms with Crippen molar-refractivity contribution in [3.63, 3.8) is 0 Å². The zero-order valence-electron chi connectivity index (χ0n) is 20.3. The van der Waals surface area contributed by atoms with E-state index in [2.05, 4.69) is 5.32 Å².